The number of halogens is 2. The average molecular weight is 346 g/mol. The molecule has 1 N–H and O–H groups in total. The first-order chi connectivity index (χ1) is 9.72. The fraction of sp³-hybridized carbons (Fsp3) is 0.625. The number of hydrogen-bond donors (Lipinski definition) is 1. The zero-order valence-corrected chi connectivity index (χ0v) is 14.6. The molecule has 1 aliphatic heterocycles. The van der Waals surface area contributed by atoms with E-state index >= 15 is 0 Å². The molecule has 0 bridgehead atoms. The third-order valence-electron chi connectivity index (χ3n) is 4.30. The summed E-state index contributed by atoms with van der Waals surface area (Å²) in [5.41, 5.74) is 1.76. The number of carbonyl (C=O) groups excluding carboxylic acids is 1. The highest BCUT2D eigenvalue weighted by atomic mass is 35.5. The second-order valence-corrected chi connectivity index (χ2v) is 6.17. The van der Waals surface area contributed by atoms with Crippen LogP contribution in [-0.4, -0.2) is 41.5 Å². The Bertz CT molecular complexity index is 486. The molecule has 0 radical (unpaired) electrons. The molecule has 2 fully saturated rings. The number of nitrogens with zero attached hydrogens (tertiary/aromatic N) is 2. The van der Waals surface area contributed by atoms with E-state index < -0.39 is 0 Å². The summed E-state index contributed by atoms with van der Waals surface area (Å²) in [6.07, 6.45) is 8.38. The molecule has 22 heavy (non-hydrogen) atoms. The molecule has 4 nitrogen and oxygen atoms in total. The van der Waals surface area contributed by atoms with Gasteiger partial charge in [-0.05, 0) is 56.7 Å². The second kappa shape index (κ2) is 8.70. The number of piperidine rings is 1. The number of pyridine rings is 1. The Morgan fingerprint density at radius 3 is 2.50 bits per heavy atom. The number of likely N-dealkylation sites (tertiary alicyclic amines) is 1. The predicted octanol–water partition coefficient (Wildman–Crippen LogP) is 2.84. The molecular formula is C16H25Cl2N3O. The normalized spacial score (nSPS) is 18.3. The first-order valence-electron chi connectivity index (χ1n) is 7.66. The number of aromatic nitrogens is 1. The molecule has 1 saturated heterocycles. The van der Waals surface area contributed by atoms with E-state index in [4.69, 9.17) is 0 Å². The summed E-state index contributed by atoms with van der Waals surface area (Å²) >= 11 is 0. The van der Waals surface area contributed by atoms with E-state index in [1.54, 1.807) is 12.4 Å². The van der Waals surface area contributed by atoms with Crippen LogP contribution in [-0.2, 0) is 0 Å². The van der Waals surface area contributed by atoms with Gasteiger partial charge in [-0.3, -0.25) is 9.78 Å². The summed E-state index contributed by atoms with van der Waals surface area (Å²) in [6.45, 7) is 4.85. The molecule has 2 heterocycles. The van der Waals surface area contributed by atoms with Crippen LogP contribution < -0.4 is 5.32 Å². The van der Waals surface area contributed by atoms with Crippen molar-refractivity contribution in [2.75, 3.05) is 19.6 Å². The molecule has 0 spiro atoms. The number of carbonyl (C=O) groups is 1. The number of hydrogen-bond acceptors (Lipinski definition) is 3. The van der Waals surface area contributed by atoms with Gasteiger partial charge in [-0.15, -0.1) is 24.8 Å². The van der Waals surface area contributed by atoms with Crippen LogP contribution in [0.3, 0.4) is 0 Å². The number of rotatable bonds is 4. The van der Waals surface area contributed by atoms with Crippen molar-refractivity contribution in [3.05, 3.63) is 29.6 Å². The Morgan fingerprint density at radius 2 is 1.91 bits per heavy atom. The zero-order valence-electron chi connectivity index (χ0n) is 13.0. The van der Waals surface area contributed by atoms with Crippen LogP contribution in [0.4, 0.5) is 0 Å². The van der Waals surface area contributed by atoms with Crippen molar-refractivity contribution in [1.82, 2.24) is 15.2 Å². The molecule has 1 aromatic rings. The largest absolute Gasteiger partial charge is 0.338 e. The van der Waals surface area contributed by atoms with Gasteiger partial charge in [-0.25, -0.2) is 0 Å². The lowest BCUT2D eigenvalue weighted by molar-refractivity contribution is 0.0704. The number of nitrogens with one attached hydrogen (secondary N) is 1. The summed E-state index contributed by atoms with van der Waals surface area (Å²) in [5, 5.41) is 3.64. The van der Waals surface area contributed by atoms with Crippen LogP contribution in [0, 0.1) is 12.8 Å². The standard InChI is InChI=1S/C16H23N3O.2ClH/c1-12-8-14(11-17-9-12)16(20)19-6-4-15(5-7-19)18-10-13-2-3-13;;/h8-9,11,13,15,18H,2-7,10H2,1H3;2*1H. The Morgan fingerprint density at radius 1 is 1.23 bits per heavy atom. The quantitative estimate of drug-likeness (QED) is 0.912. The van der Waals surface area contributed by atoms with Crippen LogP contribution in [0.15, 0.2) is 18.5 Å². The van der Waals surface area contributed by atoms with E-state index in [1.165, 1.54) is 19.4 Å². The van der Waals surface area contributed by atoms with Crippen molar-refractivity contribution < 1.29 is 4.79 Å². The maximum absolute atomic E-state index is 12.4. The van der Waals surface area contributed by atoms with Crippen molar-refractivity contribution >= 4 is 30.7 Å². The predicted molar refractivity (Wildman–Crippen MR) is 93.1 cm³/mol. The summed E-state index contributed by atoms with van der Waals surface area (Å²) in [7, 11) is 0. The van der Waals surface area contributed by atoms with E-state index in [2.05, 4.69) is 10.3 Å². The highest BCUT2D eigenvalue weighted by molar-refractivity contribution is 5.94. The lowest BCUT2D eigenvalue weighted by Gasteiger charge is -2.32. The average Bonchev–Trinajstić information content (AvgIpc) is 3.29. The maximum atomic E-state index is 12.4. The molecule has 2 aliphatic rings. The molecule has 0 aromatic carbocycles. The monoisotopic (exact) mass is 345 g/mol. The lowest BCUT2D eigenvalue weighted by atomic mass is 10.0. The van der Waals surface area contributed by atoms with Crippen LogP contribution >= 0.6 is 24.8 Å². The minimum Gasteiger partial charge on any atom is -0.338 e. The summed E-state index contributed by atoms with van der Waals surface area (Å²) in [4.78, 5) is 18.5. The van der Waals surface area contributed by atoms with Gasteiger partial charge in [0.05, 0.1) is 5.56 Å². The first kappa shape index (κ1) is 19.2. The van der Waals surface area contributed by atoms with Crippen molar-refractivity contribution in [2.45, 2.75) is 38.6 Å². The minimum absolute atomic E-state index is 0. The second-order valence-electron chi connectivity index (χ2n) is 6.17. The third kappa shape index (κ3) is 5.11. The van der Waals surface area contributed by atoms with Gasteiger partial charge < -0.3 is 10.2 Å². The molecule has 1 saturated carbocycles. The van der Waals surface area contributed by atoms with Gasteiger partial charge in [0.15, 0.2) is 0 Å². The van der Waals surface area contributed by atoms with Gasteiger partial charge in [0.1, 0.15) is 0 Å². The van der Waals surface area contributed by atoms with Crippen LogP contribution in [0.2, 0.25) is 0 Å². The molecule has 1 aromatic heterocycles. The molecule has 1 amide bonds. The molecule has 6 heteroatoms. The topological polar surface area (TPSA) is 45.2 Å². The Labute approximate surface area is 144 Å². The highest BCUT2D eigenvalue weighted by Gasteiger charge is 2.26. The van der Waals surface area contributed by atoms with Gasteiger partial charge in [0, 0.05) is 31.5 Å². The van der Waals surface area contributed by atoms with Crippen molar-refractivity contribution in [3.8, 4) is 0 Å². The molecule has 124 valence electrons. The molecule has 0 atom stereocenters. The minimum atomic E-state index is 0. The fourth-order valence-corrected chi connectivity index (χ4v) is 2.80. The van der Waals surface area contributed by atoms with Crippen LogP contribution in [0.1, 0.15) is 41.6 Å². The third-order valence-corrected chi connectivity index (χ3v) is 4.30. The van der Waals surface area contributed by atoms with Crippen molar-refractivity contribution in [1.29, 1.82) is 0 Å². The Balaban J connectivity index is 0.00000121. The smallest absolute Gasteiger partial charge is 0.255 e. The van der Waals surface area contributed by atoms with Crippen molar-refractivity contribution in [3.63, 3.8) is 0 Å². The van der Waals surface area contributed by atoms with Gasteiger partial charge in [-0.2, -0.15) is 0 Å². The molecule has 0 unspecified atom stereocenters. The molecule has 1 aliphatic carbocycles. The van der Waals surface area contributed by atoms with E-state index in [1.807, 2.05) is 17.9 Å². The van der Waals surface area contributed by atoms with E-state index in [0.29, 0.717) is 6.04 Å². The number of aryl methyl sites for hydroxylation is 1. The van der Waals surface area contributed by atoms with Gasteiger partial charge >= 0.3 is 0 Å². The first-order valence-corrected chi connectivity index (χ1v) is 7.66. The van der Waals surface area contributed by atoms with E-state index in [-0.39, 0.29) is 30.7 Å². The summed E-state index contributed by atoms with van der Waals surface area (Å²) in [6, 6.07) is 2.52. The Kier molecular flexibility index (Phi) is 7.60. The van der Waals surface area contributed by atoms with Gasteiger partial charge in [0.2, 0.25) is 0 Å². The summed E-state index contributed by atoms with van der Waals surface area (Å²) in [5.74, 6) is 1.05. The molecule has 3 rings (SSSR count). The maximum Gasteiger partial charge on any atom is 0.255 e. The summed E-state index contributed by atoms with van der Waals surface area (Å²) < 4.78 is 0. The van der Waals surface area contributed by atoms with E-state index in [0.717, 1.165) is 43.0 Å². The zero-order chi connectivity index (χ0) is 13.9. The Hall–Kier alpha value is -0.840. The number of amides is 1. The van der Waals surface area contributed by atoms with Crippen LogP contribution in [0.5, 0.6) is 0 Å². The highest BCUT2D eigenvalue weighted by Crippen LogP contribution is 2.28. The fourth-order valence-electron chi connectivity index (χ4n) is 2.80. The SMILES string of the molecule is Cc1cncc(C(=O)N2CCC(NCC3CC3)CC2)c1.Cl.Cl. The van der Waals surface area contributed by atoms with Gasteiger partial charge in [-0.1, -0.05) is 0 Å². The lowest BCUT2D eigenvalue weighted by Crippen LogP contribution is -2.45. The van der Waals surface area contributed by atoms with Crippen LogP contribution in [0.25, 0.3) is 0 Å². The van der Waals surface area contributed by atoms with Gasteiger partial charge in [0.25, 0.3) is 5.91 Å². The molecular weight excluding hydrogens is 321 g/mol. The van der Waals surface area contributed by atoms with Crippen molar-refractivity contribution in [2.24, 2.45) is 5.92 Å². The van der Waals surface area contributed by atoms with E-state index in [9.17, 15) is 4.79 Å².